The molecule has 5 amide bonds. The fourth-order valence-electron chi connectivity index (χ4n) is 6.16. The van der Waals surface area contributed by atoms with Crippen molar-refractivity contribution in [1.29, 1.82) is 0 Å². The molecular formula is C43H32Cl2F12IN5O7S. The average Bonchev–Trinajstić information content (AvgIpc) is 3.20. The van der Waals surface area contributed by atoms with Crippen molar-refractivity contribution >= 4 is 90.8 Å². The standard InChI is InChI=1S/C23H22F7IN2O4S.C20H10Cl2F5N3O3/c1-12-10-13(21(24,22(25,26)27)23(28,29)30)8-9-16(12)32-18(34)14-6-5-7-15(31)17(14)19(35)33-20(2,3)11-38(4,36)37;21-11-5-4-10(29-19(32)30-17(31)16-13(23)2-1-3-14(16)24)7-15(11)33-18-12(22)6-9(8-28-18)20(25,26)27/h5-10H,11H2,1-4H3,(H,32,34)(H,33,35);1-8H,(H2,29,30,31,32). The topological polar surface area (TPSA) is 173 Å². The minimum Gasteiger partial charge on any atom is -0.436 e. The van der Waals surface area contributed by atoms with Crippen molar-refractivity contribution in [3.05, 3.63) is 144 Å². The highest BCUT2D eigenvalue weighted by molar-refractivity contribution is 14.1. The van der Waals surface area contributed by atoms with Crippen molar-refractivity contribution in [2.45, 2.75) is 50.5 Å². The van der Waals surface area contributed by atoms with Crippen molar-refractivity contribution in [2.24, 2.45) is 0 Å². The Labute approximate surface area is 417 Å². The Balaban J connectivity index is 0.000000311. The molecule has 0 aliphatic heterocycles. The van der Waals surface area contributed by atoms with Gasteiger partial charge in [-0.15, -0.1) is 0 Å². The molecule has 0 unspecified atom stereocenters. The number of amides is 5. The van der Waals surface area contributed by atoms with E-state index in [-0.39, 0.29) is 44.9 Å². The van der Waals surface area contributed by atoms with E-state index in [1.165, 1.54) is 44.2 Å². The van der Waals surface area contributed by atoms with Crippen LogP contribution in [0.2, 0.25) is 10.0 Å². The number of halogens is 15. The summed E-state index contributed by atoms with van der Waals surface area (Å²) in [6.45, 7) is 3.99. The number of carbonyl (C=O) groups is 4. The van der Waals surface area contributed by atoms with Crippen LogP contribution >= 0.6 is 45.8 Å². The first-order valence-corrected chi connectivity index (χ1v) is 23.2. The molecular weight excluding hydrogens is 1160 g/mol. The van der Waals surface area contributed by atoms with Crippen molar-refractivity contribution in [3.8, 4) is 11.6 Å². The summed E-state index contributed by atoms with van der Waals surface area (Å²) in [5.41, 5.74) is -11.5. The number of benzene rings is 4. The Hall–Kier alpha value is -5.87. The van der Waals surface area contributed by atoms with E-state index in [4.69, 9.17) is 27.9 Å². The second-order valence-electron chi connectivity index (χ2n) is 15.5. The van der Waals surface area contributed by atoms with E-state index in [0.717, 1.165) is 37.4 Å². The number of alkyl halides is 10. The number of nitrogens with zero attached hydrogens (tertiary/aromatic N) is 1. The lowest BCUT2D eigenvalue weighted by Gasteiger charge is -2.30. The van der Waals surface area contributed by atoms with Crippen LogP contribution in [0.15, 0.2) is 85.1 Å². The van der Waals surface area contributed by atoms with Gasteiger partial charge in [0.1, 0.15) is 37.8 Å². The number of pyridine rings is 1. The number of carbonyl (C=O) groups excluding carboxylic acids is 4. The number of nitrogens with one attached hydrogen (secondary N) is 4. The molecule has 0 atom stereocenters. The summed E-state index contributed by atoms with van der Waals surface area (Å²) in [5.74, 6) is -6.33. The third-order valence-electron chi connectivity index (χ3n) is 9.16. The summed E-state index contributed by atoms with van der Waals surface area (Å²) in [6, 6.07) is 11.4. The van der Waals surface area contributed by atoms with Gasteiger partial charge in [-0.3, -0.25) is 19.7 Å². The van der Waals surface area contributed by atoms with Crippen LogP contribution in [0, 0.1) is 22.1 Å². The van der Waals surface area contributed by atoms with Crippen molar-refractivity contribution < 1.29 is 85.0 Å². The van der Waals surface area contributed by atoms with Gasteiger partial charge in [-0.2, -0.15) is 39.5 Å². The number of urea groups is 1. The highest BCUT2D eigenvalue weighted by Gasteiger charge is 2.73. The van der Waals surface area contributed by atoms with E-state index in [0.29, 0.717) is 28.0 Å². The summed E-state index contributed by atoms with van der Waals surface area (Å²) in [4.78, 5) is 53.6. The van der Waals surface area contributed by atoms with Gasteiger partial charge in [-0.25, -0.2) is 31.4 Å². The second kappa shape index (κ2) is 21.9. The van der Waals surface area contributed by atoms with Crippen LogP contribution in [0.3, 0.4) is 0 Å². The smallest absolute Gasteiger partial charge is 0.435 e. The Morgan fingerprint density at radius 1 is 0.718 bits per heavy atom. The highest BCUT2D eigenvalue weighted by Crippen LogP contribution is 2.53. The molecule has 5 aromatic rings. The molecule has 1 heterocycles. The van der Waals surface area contributed by atoms with E-state index in [1.807, 2.05) is 0 Å². The summed E-state index contributed by atoms with van der Waals surface area (Å²) >= 11 is 13.6. The van der Waals surface area contributed by atoms with E-state index >= 15 is 0 Å². The van der Waals surface area contributed by atoms with E-state index in [2.05, 4.69) is 20.9 Å². The molecule has 0 saturated carbocycles. The highest BCUT2D eigenvalue weighted by atomic mass is 127. The molecule has 28 heteroatoms. The van der Waals surface area contributed by atoms with Crippen LogP contribution < -0.4 is 26.0 Å². The monoisotopic (exact) mass is 1190 g/mol. The van der Waals surface area contributed by atoms with E-state index < -0.39 is 108 Å². The molecule has 0 saturated heterocycles. The zero-order valence-electron chi connectivity index (χ0n) is 36.2. The third-order valence-corrected chi connectivity index (χ3v) is 11.9. The zero-order valence-corrected chi connectivity index (χ0v) is 40.7. The van der Waals surface area contributed by atoms with Crippen LogP contribution in [0.25, 0.3) is 0 Å². The SMILES string of the molecule is Cc1cc(C(F)(C(F)(F)F)C(F)(F)F)ccc1NC(=O)c1cccc(I)c1C(=O)NC(C)(C)CS(C)(=O)=O.O=C(NC(=O)c1c(F)cccc1F)Nc1ccc(Cl)c(Oc2ncc(C(F)(F)F)cc2Cl)c1. The molecule has 12 nitrogen and oxygen atoms in total. The minimum atomic E-state index is -6.30. The lowest BCUT2D eigenvalue weighted by Crippen LogP contribution is -2.50. The molecule has 71 heavy (non-hydrogen) atoms. The van der Waals surface area contributed by atoms with Crippen LogP contribution in [0.4, 0.5) is 68.9 Å². The first kappa shape index (κ1) is 57.7. The molecule has 0 aliphatic carbocycles. The minimum absolute atomic E-state index is 0.0109. The van der Waals surface area contributed by atoms with Gasteiger partial charge in [-0.1, -0.05) is 47.5 Å². The number of aryl methyl sites for hydroxylation is 1. The Morgan fingerprint density at radius 3 is 1.85 bits per heavy atom. The maximum absolute atomic E-state index is 14.4. The van der Waals surface area contributed by atoms with Gasteiger partial charge in [0.2, 0.25) is 5.88 Å². The number of ether oxygens (including phenoxy) is 1. The molecule has 0 bridgehead atoms. The Kier molecular flexibility index (Phi) is 17.8. The van der Waals surface area contributed by atoms with Crippen LogP contribution in [0.1, 0.15) is 61.6 Å². The maximum Gasteiger partial charge on any atom is 0.435 e. The number of anilines is 2. The number of imide groups is 1. The molecule has 0 spiro atoms. The summed E-state index contributed by atoms with van der Waals surface area (Å²) in [6.07, 6.45) is -15.8. The normalized spacial score (nSPS) is 12.3. The second-order valence-corrected chi connectivity index (χ2v) is 19.6. The van der Waals surface area contributed by atoms with Gasteiger partial charge < -0.3 is 20.7 Å². The number of hydrogen-bond acceptors (Lipinski definition) is 8. The number of aromatic nitrogens is 1. The van der Waals surface area contributed by atoms with Crippen molar-refractivity contribution in [2.75, 3.05) is 22.6 Å². The number of hydrogen-bond donors (Lipinski definition) is 4. The van der Waals surface area contributed by atoms with Gasteiger partial charge >= 0.3 is 30.2 Å². The van der Waals surface area contributed by atoms with Crippen molar-refractivity contribution in [3.63, 3.8) is 0 Å². The van der Waals surface area contributed by atoms with E-state index in [9.17, 15) is 80.3 Å². The van der Waals surface area contributed by atoms with Gasteiger partial charge in [0.25, 0.3) is 17.7 Å². The fourth-order valence-corrected chi connectivity index (χ4v) is 8.65. The predicted molar refractivity (Wildman–Crippen MR) is 243 cm³/mol. The molecule has 1 aromatic heterocycles. The fraction of sp³-hybridized carbons (Fsp3) is 0.233. The third kappa shape index (κ3) is 14.6. The number of sulfone groups is 1. The predicted octanol–water partition coefficient (Wildman–Crippen LogP) is 12.1. The molecule has 5 rings (SSSR count). The van der Waals surface area contributed by atoms with Crippen LogP contribution in [-0.2, 0) is 21.7 Å². The summed E-state index contributed by atoms with van der Waals surface area (Å²) in [5, 5.41) is 8.36. The van der Waals surface area contributed by atoms with Gasteiger partial charge in [0.15, 0.2) is 0 Å². The van der Waals surface area contributed by atoms with E-state index in [1.54, 1.807) is 27.9 Å². The van der Waals surface area contributed by atoms with Gasteiger partial charge in [0.05, 0.1) is 27.5 Å². The molecule has 0 aliphatic rings. The molecule has 4 aromatic carbocycles. The summed E-state index contributed by atoms with van der Waals surface area (Å²) < 4.78 is 187. The van der Waals surface area contributed by atoms with Crippen LogP contribution in [-0.4, -0.2) is 67.1 Å². The van der Waals surface area contributed by atoms with Crippen molar-refractivity contribution in [1.82, 2.24) is 15.6 Å². The van der Waals surface area contributed by atoms with Gasteiger partial charge in [-0.05, 0) is 97.5 Å². The largest absolute Gasteiger partial charge is 0.436 e. The molecule has 0 radical (unpaired) electrons. The zero-order chi connectivity index (χ0) is 53.8. The maximum atomic E-state index is 14.4. The lowest BCUT2D eigenvalue weighted by atomic mass is 9.92. The molecule has 382 valence electrons. The molecule has 4 N–H and O–H groups in total. The van der Waals surface area contributed by atoms with Gasteiger partial charge in [0, 0.05) is 44.6 Å². The first-order chi connectivity index (χ1) is 32.5. The Bertz CT molecular complexity index is 2960. The Morgan fingerprint density at radius 2 is 1.31 bits per heavy atom. The quantitative estimate of drug-likeness (QED) is 0.0747. The van der Waals surface area contributed by atoms with Crippen LogP contribution in [0.5, 0.6) is 11.6 Å². The first-order valence-electron chi connectivity index (χ1n) is 19.3. The average molecular weight is 1190 g/mol. The summed E-state index contributed by atoms with van der Waals surface area (Å²) in [7, 11) is -3.49. The number of rotatable bonds is 11. The lowest BCUT2D eigenvalue weighted by molar-refractivity contribution is -0.348. The molecule has 0 fully saturated rings.